The highest BCUT2D eigenvalue weighted by Crippen LogP contribution is 2.29. The summed E-state index contributed by atoms with van der Waals surface area (Å²) in [5, 5.41) is 11.2. The molecule has 9 nitrogen and oxygen atoms in total. The molecule has 35 heavy (non-hydrogen) atoms. The van der Waals surface area contributed by atoms with Gasteiger partial charge in [0.25, 0.3) is 17.5 Å². The zero-order chi connectivity index (χ0) is 24.9. The summed E-state index contributed by atoms with van der Waals surface area (Å²) in [6.45, 7) is 2.39. The predicted molar refractivity (Wildman–Crippen MR) is 128 cm³/mol. The Balaban J connectivity index is 1.67. The topological polar surface area (TPSA) is 110 Å². The predicted octanol–water partition coefficient (Wildman–Crippen LogP) is 3.97. The third-order valence-corrected chi connectivity index (χ3v) is 5.67. The Kier molecular flexibility index (Phi) is 6.86. The molecule has 1 unspecified atom stereocenters. The summed E-state index contributed by atoms with van der Waals surface area (Å²) in [7, 11) is 0. The largest absolute Gasteiger partial charge is 0.494 e. The zero-order valence-electron chi connectivity index (χ0n) is 19.0. The van der Waals surface area contributed by atoms with Gasteiger partial charge in [0.15, 0.2) is 0 Å². The van der Waals surface area contributed by atoms with Crippen LogP contribution in [0.3, 0.4) is 0 Å². The second kappa shape index (κ2) is 10.2. The number of nitro groups is 1. The van der Waals surface area contributed by atoms with Gasteiger partial charge in [0, 0.05) is 24.2 Å². The molecule has 3 aromatic rings. The van der Waals surface area contributed by atoms with Crippen molar-refractivity contribution in [2.24, 2.45) is 0 Å². The molecule has 3 aromatic carbocycles. The van der Waals surface area contributed by atoms with E-state index in [4.69, 9.17) is 4.74 Å². The molecule has 0 aliphatic carbocycles. The van der Waals surface area contributed by atoms with E-state index in [0.29, 0.717) is 18.0 Å². The first-order chi connectivity index (χ1) is 16.9. The Hall–Kier alpha value is -4.53. The van der Waals surface area contributed by atoms with Crippen LogP contribution in [0.4, 0.5) is 11.4 Å². The molecule has 178 valence electrons. The van der Waals surface area contributed by atoms with Crippen LogP contribution in [0.15, 0.2) is 78.9 Å². The van der Waals surface area contributed by atoms with Gasteiger partial charge >= 0.3 is 0 Å². The van der Waals surface area contributed by atoms with Crippen molar-refractivity contribution in [1.29, 1.82) is 0 Å². The molecule has 0 bridgehead atoms. The molecule has 1 saturated heterocycles. The molecule has 0 spiro atoms. The molecule has 1 fully saturated rings. The fourth-order valence-corrected chi connectivity index (χ4v) is 4.01. The van der Waals surface area contributed by atoms with E-state index in [1.807, 2.05) is 13.0 Å². The minimum atomic E-state index is -1.05. The van der Waals surface area contributed by atoms with Gasteiger partial charge in [0.05, 0.1) is 23.6 Å². The number of hydrogen-bond donors (Lipinski definition) is 0. The highest BCUT2D eigenvalue weighted by Gasteiger charge is 2.44. The van der Waals surface area contributed by atoms with Crippen LogP contribution in [-0.4, -0.2) is 40.2 Å². The summed E-state index contributed by atoms with van der Waals surface area (Å²) in [5.41, 5.74) is 0.967. The maximum atomic E-state index is 13.5. The number of nitrogens with zero attached hydrogens (tertiary/aromatic N) is 3. The van der Waals surface area contributed by atoms with Crippen molar-refractivity contribution >= 4 is 29.1 Å². The van der Waals surface area contributed by atoms with Crippen LogP contribution in [0, 0.1) is 10.1 Å². The van der Waals surface area contributed by atoms with Crippen molar-refractivity contribution in [2.45, 2.75) is 25.9 Å². The maximum Gasteiger partial charge on any atom is 0.270 e. The van der Waals surface area contributed by atoms with E-state index < -0.39 is 28.7 Å². The zero-order valence-corrected chi connectivity index (χ0v) is 19.0. The SMILES string of the molecule is CCOc1ccc(N2C(=O)CC(N(Cc3ccccc3)C(=O)c3cccc([N+](=O)[O-])c3)C2=O)cc1. The first kappa shape index (κ1) is 23.6. The third-order valence-electron chi connectivity index (χ3n) is 5.67. The van der Waals surface area contributed by atoms with Crippen LogP contribution >= 0.6 is 0 Å². The van der Waals surface area contributed by atoms with E-state index in [9.17, 15) is 24.5 Å². The van der Waals surface area contributed by atoms with Crippen LogP contribution in [0.25, 0.3) is 0 Å². The van der Waals surface area contributed by atoms with Crippen molar-refractivity contribution in [1.82, 2.24) is 4.90 Å². The van der Waals surface area contributed by atoms with Crippen molar-refractivity contribution in [2.75, 3.05) is 11.5 Å². The van der Waals surface area contributed by atoms with E-state index in [1.54, 1.807) is 48.5 Å². The number of ether oxygens (including phenoxy) is 1. The third kappa shape index (κ3) is 5.03. The molecular formula is C26H23N3O6. The lowest BCUT2D eigenvalue weighted by atomic mass is 10.1. The summed E-state index contributed by atoms with van der Waals surface area (Å²) in [5.74, 6) is -0.932. The smallest absolute Gasteiger partial charge is 0.270 e. The van der Waals surface area contributed by atoms with E-state index in [2.05, 4.69) is 0 Å². The molecule has 0 radical (unpaired) electrons. The molecule has 0 aromatic heterocycles. The number of amides is 3. The Morgan fingerprint density at radius 1 is 1.06 bits per heavy atom. The van der Waals surface area contributed by atoms with Gasteiger partial charge in [-0.05, 0) is 42.8 Å². The van der Waals surface area contributed by atoms with Gasteiger partial charge in [-0.3, -0.25) is 24.5 Å². The number of non-ortho nitro benzene ring substituents is 1. The molecule has 1 aliphatic heterocycles. The van der Waals surface area contributed by atoms with Gasteiger partial charge < -0.3 is 9.64 Å². The van der Waals surface area contributed by atoms with Gasteiger partial charge in [-0.15, -0.1) is 0 Å². The number of carbonyl (C=O) groups is 3. The first-order valence-corrected chi connectivity index (χ1v) is 11.1. The number of carbonyl (C=O) groups excluding carboxylic acids is 3. The number of hydrogen-bond acceptors (Lipinski definition) is 6. The van der Waals surface area contributed by atoms with E-state index >= 15 is 0 Å². The number of imide groups is 1. The molecule has 0 saturated carbocycles. The van der Waals surface area contributed by atoms with Crippen LogP contribution < -0.4 is 9.64 Å². The van der Waals surface area contributed by atoms with Crippen molar-refractivity contribution in [3.05, 3.63) is 100 Å². The summed E-state index contributed by atoms with van der Waals surface area (Å²) >= 11 is 0. The molecule has 1 aliphatic rings. The molecule has 4 rings (SSSR count). The summed E-state index contributed by atoms with van der Waals surface area (Å²) < 4.78 is 5.42. The summed E-state index contributed by atoms with van der Waals surface area (Å²) in [6, 6.07) is 19.9. The maximum absolute atomic E-state index is 13.5. The van der Waals surface area contributed by atoms with E-state index in [0.717, 1.165) is 10.5 Å². The van der Waals surface area contributed by atoms with Crippen LogP contribution in [-0.2, 0) is 16.1 Å². The molecule has 9 heteroatoms. The van der Waals surface area contributed by atoms with Crippen LogP contribution in [0.2, 0.25) is 0 Å². The minimum absolute atomic E-state index is 0.0587. The summed E-state index contributed by atoms with van der Waals surface area (Å²) in [4.78, 5) is 52.9. The fourth-order valence-electron chi connectivity index (χ4n) is 4.01. The highest BCUT2D eigenvalue weighted by molar-refractivity contribution is 6.23. The standard InChI is InChI=1S/C26H23N3O6/c1-2-35-22-13-11-20(12-14-22)28-24(30)16-23(26(28)32)27(17-18-7-4-3-5-8-18)25(31)19-9-6-10-21(15-19)29(33)34/h3-15,23H,2,16-17H2,1H3. The molecule has 1 heterocycles. The molecular weight excluding hydrogens is 450 g/mol. The van der Waals surface area contributed by atoms with Gasteiger partial charge in [-0.1, -0.05) is 36.4 Å². The number of anilines is 1. The van der Waals surface area contributed by atoms with E-state index in [1.165, 1.54) is 29.2 Å². The van der Waals surface area contributed by atoms with E-state index in [-0.39, 0.29) is 24.2 Å². The lowest BCUT2D eigenvalue weighted by Crippen LogP contribution is -2.45. The van der Waals surface area contributed by atoms with Crippen molar-refractivity contribution < 1.29 is 24.0 Å². The number of benzene rings is 3. The Morgan fingerprint density at radius 2 is 1.77 bits per heavy atom. The second-order valence-electron chi connectivity index (χ2n) is 7.94. The number of rotatable bonds is 8. The van der Waals surface area contributed by atoms with Crippen LogP contribution in [0.1, 0.15) is 29.3 Å². The Morgan fingerprint density at radius 3 is 2.43 bits per heavy atom. The van der Waals surface area contributed by atoms with Gasteiger partial charge in [-0.25, -0.2) is 4.90 Å². The fraction of sp³-hybridized carbons (Fsp3) is 0.192. The monoisotopic (exact) mass is 473 g/mol. The van der Waals surface area contributed by atoms with Crippen molar-refractivity contribution in [3.63, 3.8) is 0 Å². The highest BCUT2D eigenvalue weighted by atomic mass is 16.6. The Bertz CT molecular complexity index is 1260. The number of nitro benzene ring substituents is 1. The summed E-state index contributed by atoms with van der Waals surface area (Å²) in [6.07, 6.45) is -0.195. The molecule has 3 amide bonds. The Labute approximate surface area is 201 Å². The average molecular weight is 473 g/mol. The average Bonchev–Trinajstić information content (AvgIpc) is 3.17. The lowest BCUT2D eigenvalue weighted by molar-refractivity contribution is -0.384. The normalized spacial score (nSPS) is 15.2. The quantitative estimate of drug-likeness (QED) is 0.278. The molecule has 0 N–H and O–H groups in total. The van der Waals surface area contributed by atoms with Gasteiger partial charge in [0.1, 0.15) is 11.8 Å². The minimum Gasteiger partial charge on any atom is -0.494 e. The molecule has 1 atom stereocenters. The van der Waals surface area contributed by atoms with Gasteiger partial charge in [0.2, 0.25) is 5.91 Å². The van der Waals surface area contributed by atoms with Crippen molar-refractivity contribution in [3.8, 4) is 5.75 Å². The first-order valence-electron chi connectivity index (χ1n) is 11.1. The lowest BCUT2D eigenvalue weighted by Gasteiger charge is -2.28. The van der Waals surface area contributed by atoms with Gasteiger partial charge in [-0.2, -0.15) is 0 Å². The van der Waals surface area contributed by atoms with Crippen LogP contribution in [0.5, 0.6) is 5.75 Å². The second-order valence-corrected chi connectivity index (χ2v) is 7.94.